The van der Waals surface area contributed by atoms with Gasteiger partial charge in [-0.2, -0.15) is 0 Å². The van der Waals surface area contributed by atoms with Crippen LogP contribution in [-0.2, 0) is 9.59 Å². The first-order chi connectivity index (χ1) is 11.4. The molecule has 1 saturated heterocycles. The number of ether oxygens (including phenoxy) is 1. The molecule has 3 rings (SSSR count). The van der Waals surface area contributed by atoms with Gasteiger partial charge in [-0.25, -0.2) is 0 Å². The number of fused-ring (bicyclic) bond motifs is 4. The number of hydrogen-bond acceptors (Lipinski definition) is 3. The van der Waals surface area contributed by atoms with E-state index in [9.17, 15) is 9.59 Å². The summed E-state index contributed by atoms with van der Waals surface area (Å²) in [5.41, 5.74) is 0.267. The van der Waals surface area contributed by atoms with Gasteiger partial charge in [0.25, 0.3) is 0 Å². The van der Waals surface area contributed by atoms with Crippen LogP contribution >= 0.6 is 0 Å². The van der Waals surface area contributed by atoms with Crippen LogP contribution in [0.4, 0.5) is 0 Å². The smallest absolute Gasteiger partial charge is 0.238 e. The van der Waals surface area contributed by atoms with Crippen molar-refractivity contribution in [1.29, 1.82) is 0 Å². The molecule has 0 aliphatic carbocycles. The van der Waals surface area contributed by atoms with E-state index in [0.29, 0.717) is 6.42 Å². The Hall–Kier alpha value is -2.04. The molecule has 1 N–H and O–H groups in total. The molecular formula is C19H26N2O3. The average molecular weight is 330 g/mol. The van der Waals surface area contributed by atoms with Gasteiger partial charge in [0.1, 0.15) is 11.7 Å². The standard InChI is InChI=1S/C19H26N2O3/c1-5-12(6-2)20-17(22)16-14-11-19(3,21(4)18(16)23)24-15-10-8-7-9-13(14)15/h7-10,12,14,16H,5-6,11H2,1-4H3,(H,20,22)/t14-,16+,19+/m1/s1. The van der Waals surface area contributed by atoms with Crippen molar-refractivity contribution < 1.29 is 14.3 Å². The highest BCUT2D eigenvalue weighted by Gasteiger charge is 2.54. The summed E-state index contributed by atoms with van der Waals surface area (Å²) >= 11 is 0. The lowest BCUT2D eigenvalue weighted by Crippen LogP contribution is -2.63. The van der Waals surface area contributed by atoms with Crippen LogP contribution in [-0.4, -0.2) is 35.5 Å². The third-order valence-corrected chi connectivity index (χ3v) is 5.57. The molecule has 0 unspecified atom stereocenters. The highest BCUT2D eigenvalue weighted by atomic mass is 16.5. The van der Waals surface area contributed by atoms with E-state index in [1.54, 1.807) is 11.9 Å². The number of nitrogens with one attached hydrogen (secondary N) is 1. The molecule has 5 nitrogen and oxygen atoms in total. The SMILES string of the molecule is CCC(CC)NC(=O)[C@H]1C(=O)N(C)[C@]2(C)C[C@@H]1c1ccccc1O2. The van der Waals surface area contributed by atoms with Gasteiger partial charge in [0.05, 0.1) is 0 Å². The lowest BCUT2D eigenvalue weighted by Gasteiger charge is -2.51. The summed E-state index contributed by atoms with van der Waals surface area (Å²) in [5, 5.41) is 3.06. The van der Waals surface area contributed by atoms with Crippen LogP contribution in [0.5, 0.6) is 5.75 Å². The largest absolute Gasteiger partial charge is 0.468 e. The molecule has 24 heavy (non-hydrogen) atoms. The topological polar surface area (TPSA) is 58.6 Å². The minimum atomic E-state index is -0.693. The normalized spacial score (nSPS) is 28.4. The Kier molecular flexibility index (Phi) is 4.28. The highest BCUT2D eigenvalue weighted by Crippen LogP contribution is 2.49. The fraction of sp³-hybridized carbons (Fsp3) is 0.579. The fourth-order valence-electron chi connectivity index (χ4n) is 3.87. The molecule has 130 valence electrons. The van der Waals surface area contributed by atoms with Crippen molar-refractivity contribution in [2.75, 3.05) is 7.05 Å². The minimum absolute atomic E-state index is 0.110. The molecule has 2 aliphatic rings. The number of carbonyl (C=O) groups excluding carboxylic acids is 2. The predicted octanol–water partition coefficient (Wildman–Crippen LogP) is 2.66. The van der Waals surface area contributed by atoms with E-state index in [0.717, 1.165) is 24.2 Å². The Morgan fingerprint density at radius 2 is 2.04 bits per heavy atom. The number of para-hydroxylation sites is 1. The Labute approximate surface area is 143 Å². The van der Waals surface area contributed by atoms with E-state index in [1.165, 1.54) is 0 Å². The second kappa shape index (κ2) is 6.11. The molecular weight excluding hydrogens is 304 g/mol. The van der Waals surface area contributed by atoms with Crippen molar-refractivity contribution >= 4 is 11.8 Å². The molecule has 2 amide bonds. The number of hydrogen-bond donors (Lipinski definition) is 1. The van der Waals surface area contributed by atoms with Crippen LogP contribution in [0, 0.1) is 5.92 Å². The Bertz CT molecular complexity index is 656. The van der Waals surface area contributed by atoms with Crippen LogP contribution in [0.15, 0.2) is 24.3 Å². The van der Waals surface area contributed by atoms with Crippen molar-refractivity contribution in [3.8, 4) is 5.75 Å². The molecule has 1 fully saturated rings. The van der Waals surface area contributed by atoms with Crippen molar-refractivity contribution in [3.05, 3.63) is 29.8 Å². The number of likely N-dealkylation sites (tertiary alicyclic amines) is 1. The second-order valence-electron chi connectivity index (χ2n) is 7.02. The van der Waals surface area contributed by atoms with Gasteiger partial charge in [-0.05, 0) is 31.4 Å². The number of carbonyl (C=O) groups is 2. The lowest BCUT2D eigenvalue weighted by atomic mass is 9.73. The van der Waals surface area contributed by atoms with E-state index in [-0.39, 0.29) is 23.8 Å². The van der Waals surface area contributed by atoms with Crippen LogP contribution in [0.2, 0.25) is 0 Å². The van der Waals surface area contributed by atoms with Crippen molar-refractivity contribution in [3.63, 3.8) is 0 Å². The van der Waals surface area contributed by atoms with Crippen LogP contribution in [0.1, 0.15) is 51.5 Å². The average Bonchev–Trinajstić information content (AvgIpc) is 2.57. The Morgan fingerprint density at radius 3 is 2.71 bits per heavy atom. The zero-order valence-electron chi connectivity index (χ0n) is 14.8. The summed E-state index contributed by atoms with van der Waals surface area (Å²) in [4.78, 5) is 27.4. The third-order valence-electron chi connectivity index (χ3n) is 5.57. The predicted molar refractivity (Wildman–Crippen MR) is 91.6 cm³/mol. The van der Waals surface area contributed by atoms with E-state index in [1.807, 2.05) is 45.0 Å². The fourth-order valence-corrected chi connectivity index (χ4v) is 3.87. The number of nitrogens with zero attached hydrogens (tertiary/aromatic N) is 1. The molecule has 0 saturated carbocycles. The van der Waals surface area contributed by atoms with Gasteiger partial charge in [0, 0.05) is 25.4 Å². The Balaban J connectivity index is 1.98. The van der Waals surface area contributed by atoms with Crippen LogP contribution in [0.25, 0.3) is 0 Å². The summed E-state index contributed by atoms with van der Waals surface area (Å²) in [7, 11) is 1.73. The summed E-state index contributed by atoms with van der Waals surface area (Å²) in [5.74, 6) is -0.376. The first-order valence-corrected chi connectivity index (χ1v) is 8.77. The zero-order valence-corrected chi connectivity index (χ0v) is 14.8. The molecule has 0 radical (unpaired) electrons. The van der Waals surface area contributed by atoms with Gasteiger partial charge in [0.15, 0.2) is 5.72 Å². The van der Waals surface area contributed by atoms with Crippen LogP contribution in [0.3, 0.4) is 0 Å². The van der Waals surface area contributed by atoms with Gasteiger partial charge in [-0.15, -0.1) is 0 Å². The van der Waals surface area contributed by atoms with Crippen molar-refractivity contribution in [2.45, 2.75) is 57.7 Å². The number of piperidine rings is 1. The molecule has 2 heterocycles. The quantitative estimate of drug-likeness (QED) is 0.864. The number of rotatable bonds is 4. The van der Waals surface area contributed by atoms with E-state index >= 15 is 0 Å². The molecule has 1 aromatic rings. The van der Waals surface area contributed by atoms with Gasteiger partial charge in [0.2, 0.25) is 11.8 Å². The summed E-state index contributed by atoms with van der Waals surface area (Å²) in [6.07, 6.45) is 2.36. The van der Waals surface area contributed by atoms with Crippen molar-refractivity contribution in [1.82, 2.24) is 10.2 Å². The van der Waals surface area contributed by atoms with Gasteiger partial charge >= 0.3 is 0 Å². The van der Waals surface area contributed by atoms with E-state index in [4.69, 9.17) is 4.74 Å². The molecule has 1 aromatic carbocycles. The Morgan fingerprint density at radius 1 is 1.38 bits per heavy atom. The van der Waals surface area contributed by atoms with Gasteiger partial charge in [-0.1, -0.05) is 32.0 Å². The van der Waals surface area contributed by atoms with Crippen molar-refractivity contribution in [2.24, 2.45) is 5.92 Å². The van der Waals surface area contributed by atoms with E-state index < -0.39 is 11.6 Å². The van der Waals surface area contributed by atoms with Crippen LogP contribution < -0.4 is 10.1 Å². The summed E-state index contributed by atoms with van der Waals surface area (Å²) in [6.45, 7) is 6.01. The number of amides is 2. The molecule has 5 heteroatoms. The zero-order chi connectivity index (χ0) is 17.5. The summed E-state index contributed by atoms with van der Waals surface area (Å²) in [6, 6.07) is 7.85. The highest BCUT2D eigenvalue weighted by molar-refractivity contribution is 6.02. The van der Waals surface area contributed by atoms with Gasteiger partial charge in [-0.3, -0.25) is 9.59 Å². The minimum Gasteiger partial charge on any atom is -0.468 e. The van der Waals surface area contributed by atoms with Gasteiger partial charge < -0.3 is 15.0 Å². The third kappa shape index (κ3) is 2.56. The van der Waals surface area contributed by atoms with E-state index in [2.05, 4.69) is 5.32 Å². The number of benzene rings is 1. The first kappa shape index (κ1) is 16.8. The molecule has 2 aliphatic heterocycles. The maximum absolute atomic E-state index is 12.9. The maximum atomic E-state index is 12.9. The molecule has 3 atom stereocenters. The maximum Gasteiger partial charge on any atom is 0.238 e. The molecule has 2 bridgehead atoms. The lowest BCUT2D eigenvalue weighted by molar-refractivity contribution is -0.171. The first-order valence-electron chi connectivity index (χ1n) is 8.77. The summed E-state index contributed by atoms with van der Waals surface area (Å²) < 4.78 is 6.10. The molecule has 0 aromatic heterocycles. The monoisotopic (exact) mass is 330 g/mol. The molecule has 0 spiro atoms. The second-order valence-corrected chi connectivity index (χ2v) is 7.02.